The summed E-state index contributed by atoms with van der Waals surface area (Å²) in [5.41, 5.74) is -1.23. The molecule has 7 heteroatoms. The second kappa shape index (κ2) is 9.42. The average Bonchev–Trinajstić information content (AvgIpc) is 2.55. The van der Waals surface area contributed by atoms with Crippen molar-refractivity contribution in [2.45, 2.75) is 91.3 Å². The smallest absolute Gasteiger partial charge is 0.408 e. The summed E-state index contributed by atoms with van der Waals surface area (Å²) in [5.74, 6) is -0.799. The number of esters is 1. The number of amides is 2. The van der Waals surface area contributed by atoms with E-state index in [9.17, 15) is 14.4 Å². The Morgan fingerprint density at radius 2 is 1.48 bits per heavy atom. The van der Waals surface area contributed by atoms with Crippen LogP contribution in [-0.4, -0.2) is 42.8 Å². The standard InChI is InChI=1S/C20H36N2O5/c1-19(2,3)15(22-18(25)27-20(4,5)6)16(23)21-14(17(24)26-7)13-11-9-8-10-12-13/h13-15H,8-12H2,1-7H3,(H,21,23)(H,22,25)/t14-,15+/m0/s1. The first-order valence-electron chi connectivity index (χ1n) is 9.73. The zero-order valence-corrected chi connectivity index (χ0v) is 17.8. The lowest BCUT2D eigenvalue weighted by Gasteiger charge is -2.34. The zero-order valence-electron chi connectivity index (χ0n) is 17.8. The highest BCUT2D eigenvalue weighted by Crippen LogP contribution is 2.28. The molecule has 7 nitrogen and oxygen atoms in total. The monoisotopic (exact) mass is 384 g/mol. The van der Waals surface area contributed by atoms with Crippen molar-refractivity contribution in [1.29, 1.82) is 0 Å². The van der Waals surface area contributed by atoms with Crippen molar-refractivity contribution >= 4 is 18.0 Å². The second-order valence-electron chi connectivity index (χ2n) is 9.35. The molecule has 1 saturated carbocycles. The topological polar surface area (TPSA) is 93.7 Å². The lowest BCUT2D eigenvalue weighted by Crippen LogP contribution is -2.58. The van der Waals surface area contributed by atoms with E-state index < -0.39 is 41.1 Å². The number of methoxy groups -OCH3 is 1. The third-order valence-electron chi connectivity index (χ3n) is 4.66. The lowest BCUT2D eigenvalue weighted by molar-refractivity contribution is -0.147. The summed E-state index contributed by atoms with van der Waals surface area (Å²) in [6.45, 7) is 10.8. The van der Waals surface area contributed by atoms with E-state index in [1.165, 1.54) is 7.11 Å². The Balaban J connectivity index is 2.92. The molecule has 1 fully saturated rings. The Kier molecular flexibility index (Phi) is 8.11. The maximum atomic E-state index is 13.0. The van der Waals surface area contributed by atoms with Gasteiger partial charge in [0.1, 0.15) is 17.7 Å². The number of carbonyl (C=O) groups is 3. The molecule has 0 aromatic heterocycles. The quantitative estimate of drug-likeness (QED) is 0.710. The highest BCUT2D eigenvalue weighted by molar-refractivity contribution is 5.90. The van der Waals surface area contributed by atoms with Crippen LogP contribution in [0.5, 0.6) is 0 Å². The van der Waals surface area contributed by atoms with Gasteiger partial charge in [-0.1, -0.05) is 40.0 Å². The fraction of sp³-hybridized carbons (Fsp3) is 0.850. The molecular formula is C20H36N2O5. The molecule has 0 aromatic rings. The van der Waals surface area contributed by atoms with Crippen LogP contribution in [0.4, 0.5) is 4.79 Å². The summed E-state index contributed by atoms with van der Waals surface area (Å²) in [6.07, 6.45) is 4.30. The molecule has 0 aliphatic heterocycles. The molecule has 1 aliphatic carbocycles. The molecule has 156 valence electrons. The third-order valence-corrected chi connectivity index (χ3v) is 4.66. The van der Waals surface area contributed by atoms with Crippen molar-refractivity contribution in [2.24, 2.45) is 11.3 Å². The molecule has 0 aromatic carbocycles. The van der Waals surface area contributed by atoms with Gasteiger partial charge in [0.15, 0.2) is 0 Å². The molecule has 2 atom stereocenters. The van der Waals surface area contributed by atoms with Crippen LogP contribution in [0.25, 0.3) is 0 Å². The Hall–Kier alpha value is -1.79. The van der Waals surface area contributed by atoms with Gasteiger partial charge in [-0.2, -0.15) is 0 Å². The summed E-state index contributed by atoms with van der Waals surface area (Å²) in [4.78, 5) is 37.4. The molecule has 0 unspecified atom stereocenters. The second-order valence-corrected chi connectivity index (χ2v) is 9.35. The van der Waals surface area contributed by atoms with Gasteiger partial charge in [-0.3, -0.25) is 4.79 Å². The molecule has 0 spiro atoms. The molecule has 1 aliphatic rings. The molecule has 0 radical (unpaired) electrons. The minimum absolute atomic E-state index is 0.0531. The number of alkyl carbamates (subject to hydrolysis) is 1. The molecule has 27 heavy (non-hydrogen) atoms. The van der Waals surface area contributed by atoms with E-state index in [1.807, 2.05) is 20.8 Å². The van der Waals surface area contributed by atoms with Crippen molar-refractivity contribution in [2.75, 3.05) is 7.11 Å². The molecule has 0 bridgehead atoms. The van der Waals surface area contributed by atoms with Crippen LogP contribution in [0.1, 0.15) is 73.6 Å². The van der Waals surface area contributed by atoms with Gasteiger partial charge in [-0.25, -0.2) is 9.59 Å². The predicted octanol–water partition coefficient (Wildman–Crippen LogP) is 3.16. The van der Waals surface area contributed by atoms with E-state index in [0.717, 1.165) is 32.1 Å². The van der Waals surface area contributed by atoms with Gasteiger partial charge in [0, 0.05) is 0 Å². The van der Waals surface area contributed by atoms with Crippen LogP contribution in [0, 0.1) is 11.3 Å². The summed E-state index contributed by atoms with van der Waals surface area (Å²) < 4.78 is 10.2. The highest BCUT2D eigenvalue weighted by Gasteiger charge is 2.38. The van der Waals surface area contributed by atoms with E-state index in [0.29, 0.717) is 0 Å². The predicted molar refractivity (Wildman–Crippen MR) is 103 cm³/mol. The molecule has 2 N–H and O–H groups in total. The van der Waals surface area contributed by atoms with Crippen molar-refractivity contribution in [3.63, 3.8) is 0 Å². The fourth-order valence-corrected chi connectivity index (χ4v) is 3.30. The van der Waals surface area contributed by atoms with Gasteiger partial charge in [-0.15, -0.1) is 0 Å². The minimum atomic E-state index is -0.844. The summed E-state index contributed by atoms with van der Waals surface area (Å²) in [5, 5.41) is 5.48. The summed E-state index contributed by atoms with van der Waals surface area (Å²) >= 11 is 0. The van der Waals surface area contributed by atoms with Crippen molar-refractivity contribution in [3.05, 3.63) is 0 Å². The Morgan fingerprint density at radius 3 is 1.93 bits per heavy atom. The van der Waals surface area contributed by atoms with E-state index in [2.05, 4.69) is 10.6 Å². The van der Waals surface area contributed by atoms with Crippen LogP contribution in [0.15, 0.2) is 0 Å². The lowest BCUT2D eigenvalue weighted by atomic mass is 9.82. The SMILES string of the molecule is COC(=O)[C@@H](NC(=O)[C@@H](NC(=O)OC(C)(C)C)C(C)(C)C)C1CCCCC1. The van der Waals surface area contributed by atoms with Gasteiger partial charge in [0.25, 0.3) is 0 Å². The number of hydrogen-bond acceptors (Lipinski definition) is 5. The van der Waals surface area contributed by atoms with Crippen LogP contribution in [-0.2, 0) is 19.1 Å². The first kappa shape index (κ1) is 23.2. The zero-order chi connectivity index (χ0) is 20.8. The summed E-state index contributed by atoms with van der Waals surface area (Å²) in [6, 6.07) is -1.55. The van der Waals surface area contributed by atoms with Crippen LogP contribution in [0.3, 0.4) is 0 Å². The minimum Gasteiger partial charge on any atom is -0.467 e. The average molecular weight is 385 g/mol. The molecule has 1 rings (SSSR count). The maximum Gasteiger partial charge on any atom is 0.408 e. The Morgan fingerprint density at radius 1 is 0.926 bits per heavy atom. The number of rotatable bonds is 5. The number of carbonyl (C=O) groups excluding carboxylic acids is 3. The largest absolute Gasteiger partial charge is 0.467 e. The Bertz CT molecular complexity index is 527. The fourth-order valence-electron chi connectivity index (χ4n) is 3.30. The highest BCUT2D eigenvalue weighted by atomic mass is 16.6. The first-order chi connectivity index (χ1) is 12.3. The maximum absolute atomic E-state index is 13.0. The number of nitrogens with one attached hydrogen (secondary N) is 2. The van der Waals surface area contributed by atoms with E-state index in [1.54, 1.807) is 20.8 Å². The van der Waals surface area contributed by atoms with E-state index >= 15 is 0 Å². The normalized spacial score (nSPS) is 18.2. The van der Waals surface area contributed by atoms with Crippen molar-refractivity contribution in [1.82, 2.24) is 10.6 Å². The van der Waals surface area contributed by atoms with Crippen LogP contribution >= 0.6 is 0 Å². The molecule has 0 saturated heterocycles. The number of ether oxygens (including phenoxy) is 2. The van der Waals surface area contributed by atoms with Gasteiger partial charge in [0.2, 0.25) is 5.91 Å². The van der Waals surface area contributed by atoms with Crippen molar-refractivity contribution in [3.8, 4) is 0 Å². The van der Waals surface area contributed by atoms with Gasteiger partial charge >= 0.3 is 12.1 Å². The summed E-state index contributed by atoms with van der Waals surface area (Å²) in [7, 11) is 1.32. The van der Waals surface area contributed by atoms with Crippen LogP contribution < -0.4 is 10.6 Å². The van der Waals surface area contributed by atoms with E-state index in [4.69, 9.17) is 9.47 Å². The van der Waals surface area contributed by atoms with Gasteiger partial charge < -0.3 is 20.1 Å². The molecule has 0 heterocycles. The van der Waals surface area contributed by atoms with Gasteiger partial charge in [0.05, 0.1) is 7.11 Å². The van der Waals surface area contributed by atoms with E-state index in [-0.39, 0.29) is 5.92 Å². The number of hydrogen-bond donors (Lipinski definition) is 2. The third kappa shape index (κ3) is 7.77. The molecule has 2 amide bonds. The van der Waals surface area contributed by atoms with Crippen LogP contribution in [0.2, 0.25) is 0 Å². The molecular weight excluding hydrogens is 348 g/mol. The van der Waals surface area contributed by atoms with Gasteiger partial charge in [-0.05, 0) is 44.9 Å². The first-order valence-corrected chi connectivity index (χ1v) is 9.73. The van der Waals surface area contributed by atoms with Crippen molar-refractivity contribution < 1.29 is 23.9 Å². The Labute approximate surface area is 162 Å².